The van der Waals surface area contributed by atoms with Crippen LogP contribution in [-0.2, 0) is 6.42 Å². The van der Waals surface area contributed by atoms with Crippen LogP contribution in [0.4, 0.5) is 0 Å². The molecule has 1 atom stereocenters. The van der Waals surface area contributed by atoms with E-state index in [2.05, 4.69) is 66.0 Å². The maximum atomic E-state index is 5.55. The van der Waals surface area contributed by atoms with Gasteiger partial charge in [-0.25, -0.2) is 0 Å². The maximum Gasteiger partial charge on any atom is 0.0360 e. The highest BCUT2D eigenvalue weighted by Crippen LogP contribution is 2.18. The van der Waals surface area contributed by atoms with E-state index in [9.17, 15) is 0 Å². The van der Waals surface area contributed by atoms with Crippen molar-refractivity contribution in [2.45, 2.75) is 25.3 Å². The summed E-state index contributed by atoms with van der Waals surface area (Å²) in [6.45, 7) is 1.79. The van der Waals surface area contributed by atoms with Gasteiger partial charge < -0.3 is 11.1 Å². The van der Waals surface area contributed by atoms with Crippen LogP contribution in [0.2, 0.25) is 0 Å². The quantitative estimate of drug-likeness (QED) is 0.721. The number of unbranched alkanes of at least 4 members (excludes halogenated alkanes) is 1. The molecule has 0 saturated heterocycles. The van der Waals surface area contributed by atoms with Crippen LogP contribution >= 0.6 is 0 Å². The Morgan fingerprint density at radius 2 is 1.50 bits per heavy atom. The Balaban J connectivity index is 2.00. The Morgan fingerprint density at radius 1 is 0.850 bits per heavy atom. The molecular weight excluding hydrogens is 244 g/mol. The average molecular weight is 268 g/mol. The van der Waals surface area contributed by atoms with Crippen molar-refractivity contribution in [3.63, 3.8) is 0 Å². The van der Waals surface area contributed by atoms with E-state index in [-0.39, 0.29) is 0 Å². The van der Waals surface area contributed by atoms with Crippen LogP contribution in [-0.4, -0.2) is 13.1 Å². The van der Waals surface area contributed by atoms with Gasteiger partial charge in [-0.3, -0.25) is 0 Å². The number of nitrogens with one attached hydrogen (secondary N) is 1. The maximum absolute atomic E-state index is 5.55. The molecule has 0 amide bonds. The third-order valence-electron chi connectivity index (χ3n) is 3.51. The first-order chi connectivity index (χ1) is 9.90. The van der Waals surface area contributed by atoms with Gasteiger partial charge in [0.1, 0.15) is 0 Å². The predicted octanol–water partition coefficient (Wildman–Crippen LogP) is 3.30. The molecule has 20 heavy (non-hydrogen) atoms. The second-order valence-corrected chi connectivity index (χ2v) is 5.10. The number of rotatable bonds is 8. The van der Waals surface area contributed by atoms with Crippen LogP contribution < -0.4 is 11.1 Å². The second-order valence-electron chi connectivity index (χ2n) is 5.10. The van der Waals surface area contributed by atoms with Crippen molar-refractivity contribution >= 4 is 0 Å². The molecule has 0 aliphatic rings. The van der Waals surface area contributed by atoms with Gasteiger partial charge in [0.15, 0.2) is 0 Å². The van der Waals surface area contributed by atoms with Crippen molar-refractivity contribution in [3.05, 3.63) is 71.8 Å². The van der Waals surface area contributed by atoms with E-state index >= 15 is 0 Å². The van der Waals surface area contributed by atoms with Crippen molar-refractivity contribution < 1.29 is 0 Å². The first kappa shape index (κ1) is 14.8. The molecule has 3 N–H and O–H groups in total. The van der Waals surface area contributed by atoms with Crippen LogP contribution in [0.5, 0.6) is 0 Å². The van der Waals surface area contributed by atoms with E-state index in [4.69, 9.17) is 5.73 Å². The second kappa shape index (κ2) is 8.51. The predicted molar refractivity (Wildman–Crippen MR) is 85.6 cm³/mol. The van der Waals surface area contributed by atoms with Gasteiger partial charge in [-0.1, -0.05) is 60.7 Å². The summed E-state index contributed by atoms with van der Waals surface area (Å²) in [5, 5.41) is 3.66. The summed E-state index contributed by atoms with van der Waals surface area (Å²) in [7, 11) is 0. The number of nitrogens with two attached hydrogens (primary N) is 1. The molecule has 0 radical (unpaired) electrons. The van der Waals surface area contributed by atoms with E-state index in [1.54, 1.807) is 0 Å². The van der Waals surface area contributed by atoms with E-state index < -0.39 is 0 Å². The minimum Gasteiger partial charge on any atom is -0.330 e. The van der Waals surface area contributed by atoms with Gasteiger partial charge in [0.25, 0.3) is 0 Å². The lowest BCUT2D eigenvalue weighted by Gasteiger charge is -2.19. The summed E-state index contributed by atoms with van der Waals surface area (Å²) < 4.78 is 0. The Bertz CT molecular complexity index is 467. The molecule has 0 aliphatic carbocycles. The fourth-order valence-electron chi connectivity index (χ4n) is 2.39. The first-order valence-electron chi connectivity index (χ1n) is 7.42. The molecule has 0 heterocycles. The minimum atomic E-state index is 0.372. The van der Waals surface area contributed by atoms with Crippen molar-refractivity contribution in [3.8, 4) is 0 Å². The van der Waals surface area contributed by atoms with Crippen LogP contribution in [0.25, 0.3) is 0 Å². The van der Waals surface area contributed by atoms with E-state index in [1.165, 1.54) is 11.1 Å². The zero-order valence-electron chi connectivity index (χ0n) is 12.0. The Morgan fingerprint density at radius 3 is 2.15 bits per heavy atom. The topological polar surface area (TPSA) is 38.0 Å². The lowest BCUT2D eigenvalue weighted by Crippen LogP contribution is -2.24. The average Bonchev–Trinajstić information content (AvgIpc) is 2.52. The van der Waals surface area contributed by atoms with Crippen molar-refractivity contribution in [1.29, 1.82) is 0 Å². The van der Waals surface area contributed by atoms with Crippen LogP contribution in [0.3, 0.4) is 0 Å². The zero-order chi connectivity index (χ0) is 14.0. The third-order valence-corrected chi connectivity index (χ3v) is 3.51. The molecule has 0 fully saturated rings. The molecule has 106 valence electrons. The molecule has 0 bridgehead atoms. The molecule has 0 aromatic heterocycles. The molecule has 2 nitrogen and oxygen atoms in total. The Kier molecular flexibility index (Phi) is 6.28. The van der Waals surface area contributed by atoms with Crippen molar-refractivity contribution in [2.75, 3.05) is 13.1 Å². The number of benzene rings is 2. The summed E-state index contributed by atoms with van der Waals surface area (Å²) >= 11 is 0. The SMILES string of the molecule is NCCCCNC(Cc1ccccc1)c1ccccc1. The highest BCUT2D eigenvalue weighted by molar-refractivity contribution is 5.23. The summed E-state index contributed by atoms with van der Waals surface area (Å²) in [5.41, 5.74) is 8.27. The van der Waals surface area contributed by atoms with Gasteiger partial charge in [0.2, 0.25) is 0 Å². The van der Waals surface area contributed by atoms with Gasteiger partial charge in [0, 0.05) is 6.04 Å². The van der Waals surface area contributed by atoms with Crippen molar-refractivity contribution in [2.24, 2.45) is 5.73 Å². The summed E-state index contributed by atoms with van der Waals surface area (Å²) in [5.74, 6) is 0. The normalized spacial score (nSPS) is 12.2. The fourth-order valence-corrected chi connectivity index (χ4v) is 2.39. The van der Waals surface area contributed by atoms with Crippen molar-refractivity contribution in [1.82, 2.24) is 5.32 Å². The van der Waals surface area contributed by atoms with Crippen LogP contribution in [0.15, 0.2) is 60.7 Å². The van der Waals surface area contributed by atoms with Crippen LogP contribution in [0.1, 0.15) is 30.0 Å². The van der Waals surface area contributed by atoms with E-state index in [0.29, 0.717) is 6.04 Å². The van der Waals surface area contributed by atoms with Crippen LogP contribution in [0, 0.1) is 0 Å². The molecule has 0 aliphatic heterocycles. The zero-order valence-corrected chi connectivity index (χ0v) is 12.0. The van der Waals surface area contributed by atoms with E-state index in [0.717, 1.165) is 32.4 Å². The first-order valence-corrected chi connectivity index (χ1v) is 7.42. The summed E-state index contributed by atoms with van der Waals surface area (Å²) in [6, 6.07) is 21.7. The van der Waals surface area contributed by atoms with Gasteiger partial charge >= 0.3 is 0 Å². The summed E-state index contributed by atoms with van der Waals surface area (Å²) in [6.07, 6.45) is 3.24. The smallest absolute Gasteiger partial charge is 0.0360 e. The Labute approximate surface area is 122 Å². The summed E-state index contributed by atoms with van der Waals surface area (Å²) in [4.78, 5) is 0. The minimum absolute atomic E-state index is 0.372. The molecule has 2 heteroatoms. The van der Waals surface area contributed by atoms with Gasteiger partial charge in [-0.05, 0) is 43.5 Å². The largest absolute Gasteiger partial charge is 0.330 e. The molecule has 0 spiro atoms. The molecule has 2 rings (SSSR count). The lowest BCUT2D eigenvalue weighted by molar-refractivity contribution is 0.514. The monoisotopic (exact) mass is 268 g/mol. The van der Waals surface area contributed by atoms with Gasteiger partial charge in [-0.2, -0.15) is 0 Å². The fraction of sp³-hybridized carbons (Fsp3) is 0.333. The molecule has 2 aromatic rings. The molecular formula is C18H24N2. The standard InChI is InChI=1S/C18H24N2/c19-13-7-8-14-20-18(17-11-5-2-6-12-17)15-16-9-3-1-4-10-16/h1-6,9-12,18,20H,7-8,13-15,19H2. The molecule has 1 unspecified atom stereocenters. The van der Waals surface area contributed by atoms with Gasteiger partial charge in [-0.15, -0.1) is 0 Å². The highest BCUT2D eigenvalue weighted by atomic mass is 14.9. The van der Waals surface area contributed by atoms with Gasteiger partial charge in [0.05, 0.1) is 0 Å². The molecule has 2 aromatic carbocycles. The number of hydrogen-bond donors (Lipinski definition) is 2. The highest BCUT2D eigenvalue weighted by Gasteiger charge is 2.10. The lowest BCUT2D eigenvalue weighted by atomic mass is 9.99. The Hall–Kier alpha value is -1.64. The third kappa shape index (κ3) is 4.80. The molecule has 0 saturated carbocycles. The number of hydrogen-bond acceptors (Lipinski definition) is 2. The van der Waals surface area contributed by atoms with E-state index in [1.807, 2.05) is 0 Å².